The van der Waals surface area contributed by atoms with Crippen LogP contribution in [0.5, 0.6) is 0 Å². The number of para-hydroxylation sites is 1. The van der Waals surface area contributed by atoms with E-state index in [0.29, 0.717) is 27.8 Å². The van der Waals surface area contributed by atoms with Crippen LogP contribution in [-0.2, 0) is 26.2 Å². The van der Waals surface area contributed by atoms with Crippen LogP contribution in [0.4, 0.5) is 5.69 Å². The number of halogens is 2. The van der Waals surface area contributed by atoms with Gasteiger partial charge in [-0.25, -0.2) is 8.42 Å². The first-order valence-electron chi connectivity index (χ1n) is 10.9. The van der Waals surface area contributed by atoms with Gasteiger partial charge in [0.1, 0.15) is 12.6 Å². The van der Waals surface area contributed by atoms with Crippen LogP contribution in [0.2, 0.25) is 10.0 Å². The molecule has 0 aliphatic carbocycles. The van der Waals surface area contributed by atoms with Gasteiger partial charge >= 0.3 is 0 Å². The van der Waals surface area contributed by atoms with E-state index in [1.807, 2.05) is 13.0 Å². The molecule has 0 aliphatic rings. The van der Waals surface area contributed by atoms with E-state index in [1.165, 1.54) is 4.90 Å². The molecule has 2 aromatic rings. The molecule has 1 unspecified atom stereocenters. The lowest BCUT2D eigenvalue weighted by molar-refractivity contribution is -0.139. The lowest BCUT2D eigenvalue weighted by Crippen LogP contribution is -2.51. The van der Waals surface area contributed by atoms with Crippen LogP contribution in [0.1, 0.15) is 37.0 Å². The fraction of sp³-hybridized carbons (Fsp3) is 0.417. The molecule has 2 aromatic carbocycles. The molecule has 34 heavy (non-hydrogen) atoms. The van der Waals surface area contributed by atoms with Gasteiger partial charge in [-0.05, 0) is 56.0 Å². The van der Waals surface area contributed by atoms with Gasteiger partial charge in [-0.2, -0.15) is 0 Å². The SMILES string of the molecule is CCCNC(=O)C(C)N(Cc1ccc(Cl)cc1Cl)C(=O)CN(c1c(C)cccc1C)S(C)(=O)=O. The van der Waals surface area contributed by atoms with Crippen LogP contribution in [-0.4, -0.2) is 50.5 Å². The number of sulfonamides is 1. The lowest BCUT2D eigenvalue weighted by Gasteiger charge is -2.32. The Kier molecular flexibility index (Phi) is 9.79. The third kappa shape index (κ3) is 7.10. The molecule has 186 valence electrons. The first-order chi connectivity index (χ1) is 15.9. The van der Waals surface area contributed by atoms with Crippen molar-refractivity contribution >= 4 is 50.7 Å². The van der Waals surface area contributed by atoms with Gasteiger partial charge in [-0.15, -0.1) is 0 Å². The number of benzene rings is 2. The van der Waals surface area contributed by atoms with E-state index in [-0.39, 0.29) is 12.5 Å². The number of carbonyl (C=O) groups is 2. The largest absolute Gasteiger partial charge is 0.354 e. The Bertz CT molecular complexity index is 1130. The molecule has 0 bridgehead atoms. The number of nitrogens with one attached hydrogen (secondary N) is 1. The van der Waals surface area contributed by atoms with Gasteiger partial charge in [0.25, 0.3) is 0 Å². The second kappa shape index (κ2) is 11.9. The summed E-state index contributed by atoms with van der Waals surface area (Å²) in [6, 6.07) is 9.43. The Hall–Kier alpha value is -2.29. The zero-order valence-electron chi connectivity index (χ0n) is 20.1. The second-order valence-electron chi connectivity index (χ2n) is 8.23. The van der Waals surface area contributed by atoms with Crippen molar-refractivity contribution < 1.29 is 18.0 Å². The summed E-state index contributed by atoms with van der Waals surface area (Å²) in [6.07, 6.45) is 1.80. The normalized spacial score (nSPS) is 12.2. The molecule has 0 heterocycles. The molecule has 0 aliphatic heterocycles. The molecule has 2 amide bonds. The van der Waals surface area contributed by atoms with Crippen molar-refractivity contribution in [2.45, 2.75) is 46.7 Å². The Labute approximate surface area is 212 Å². The van der Waals surface area contributed by atoms with Crippen molar-refractivity contribution in [1.29, 1.82) is 0 Å². The van der Waals surface area contributed by atoms with Crippen molar-refractivity contribution in [3.63, 3.8) is 0 Å². The van der Waals surface area contributed by atoms with Gasteiger partial charge in [0, 0.05) is 23.1 Å². The number of hydrogen-bond donors (Lipinski definition) is 1. The highest BCUT2D eigenvalue weighted by atomic mass is 35.5. The Morgan fingerprint density at radius 2 is 1.71 bits per heavy atom. The van der Waals surface area contributed by atoms with E-state index in [0.717, 1.165) is 28.1 Å². The topological polar surface area (TPSA) is 86.8 Å². The standard InChI is InChI=1S/C24H31Cl2N3O4S/c1-6-12-27-24(31)18(4)28(14-19-10-11-20(25)13-21(19)26)22(30)15-29(34(5,32)33)23-16(2)8-7-9-17(23)3/h7-11,13,18H,6,12,14-15H2,1-5H3,(H,27,31). The molecule has 1 atom stereocenters. The lowest BCUT2D eigenvalue weighted by atomic mass is 10.1. The fourth-order valence-corrected chi connectivity index (χ4v) is 5.02. The molecule has 0 spiro atoms. The summed E-state index contributed by atoms with van der Waals surface area (Å²) >= 11 is 12.3. The van der Waals surface area contributed by atoms with Crippen LogP contribution in [0.25, 0.3) is 0 Å². The molecule has 0 aromatic heterocycles. The minimum Gasteiger partial charge on any atom is -0.354 e. The molecular weight excluding hydrogens is 497 g/mol. The van der Waals surface area contributed by atoms with Crippen molar-refractivity contribution in [1.82, 2.24) is 10.2 Å². The second-order valence-corrected chi connectivity index (χ2v) is 11.0. The molecule has 0 saturated heterocycles. The molecule has 7 nitrogen and oxygen atoms in total. The van der Waals surface area contributed by atoms with E-state index in [9.17, 15) is 18.0 Å². The summed E-state index contributed by atoms with van der Waals surface area (Å²) < 4.78 is 26.5. The van der Waals surface area contributed by atoms with E-state index in [2.05, 4.69) is 5.32 Å². The zero-order valence-corrected chi connectivity index (χ0v) is 22.4. The molecule has 0 radical (unpaired) electrons. The number of rotatable bonds is 10. The number of carbonyl (C=O) groups excluding carboxylic acids is 2. The quantitative estimate of drug-likeness (QED) is 0.498. The van der Waals surface area contributed by atoms with Crippen LogP contribution in [0.15, 0.2) is 36.4 Å². The molecular formula is C24H31Cl2N3O4S. The first kappa shape index (κ1) is 28.0. The van der Waals surface area contributed by atoms with Gasteiger partial charge in [-0.1, -0.05) is 54.4 Å². The van der Waals surface area contributed by atoms with Crippen molar-refractivity contribution in [3.05, 3.63) is 63.1 Å². The van der Waals surface area contributed by atoms with Crippen LogP contribution >= 0.6 is 23.2 Å². The Morgan fingerprint density at radius 1 is 1.09 bits per heavy atom. The molecule has 0 saturated carbocycles. The van der Waals surface area contributed by atoms with E-state index >= 15 is 0 Å². The molecule has 10 heteroatoms. The number of amides is 2. The number of hydrogen-bond acceptors (Lipinski definition) is 4. The van der Waals surface area contributed by atoms with Crippen molar-refractivity contribution in [2.75, 3.05) is 23.7 Å². The number of anilines is 1. The highest BCUT2D eigenvalue weighted by molar-refractivity contribution is 7.92. The van der Waals surface area contributed by atoms with E-state index in [1.54, 1.807) is 51.1 Å². The average Bonchev–Trinajstić information content (AvgIpc) is 2.74. The van der Waals surface area contributed by atoms with Crippen LogP contribution in [0.3, 0.4) is 0 Å². The number of aryl methyl sites for hydroxylation is 2. The maximum Gasteiger partial charge on any atom is 0.244 e. The van der Waals surface area contributed by atoms with E-state index in [4.69, 9.17) is 23.2 Å². The fourth-order valence-electron chi connectivity index (χ4n) is 3.59. The average molecular weight is 529 g/mol. The summed E-state index contributed by atoms with van der Waals surface area (Å²) in [4.78, 5) is 27.7. The van der Waals surface area contributed by atoms with Crippen LogP contribution in [0, 0.1) is 13.8 Å². The molecule has 2 rings (SSSR count). The minimum atomic E-state index is -3.80. The highest BCUT2D eigenvalue weighted by Gasteiger charge is 2.31. The predicted octanol–water partition coefficient (Wildman–Crippen LogP) is 4.32. The summed E-state index contributed by atoms with van der Waals surface area (Å²) in [7, 11) is -3.80. The highest BCUT2D eigenvalue weighted by Crippen LogP contribution is 2.28. The Balaban J connectivity index is 2.46. The van der Waals surface area contributed by atoms with Crippen LogP contribution < -0.4 is 9.62 Å². The maximum absolute atomic E-state index is 13.6. The van der Waals surface area contributed by atoms with Crippen molar-refractivity contribution in [3.8, 4) is 0 Å². The Morgan fingerprint density at radius 3 is 2.24 bits per heavy atom. The zero-order chi connectivity index (χ0) is 25.6. The summed E-state index contributed by atoms with van der Waals surface area (Å²) in [5.74, 6) is -0.864. The smallest absolute Gasteiger partial charge is 0.244 e. The third-order valence-corrected chi connectivity index (χ3v) is 7.14. The first-order valence-corrected chi connectivity index (χ1v) is 13.5. The van der Waals surface area contributed by atoms with Gasteiger partial charge in [0.2, 0.25) is 21.8 Å². The molecule has 1 N–H and O–H groups in total. The maximum atomic E-state index is 13.6. The minimum absolute atomic E-state index is 0.0138. The van der Waals surface area contributed by atoms with Gasteiger partial charge < -0.3 is 10.2 Å². The molecule has 0 fully saturated rings. The number of nitrogens with zero attached hydrogens (tertiary/aromatic N) is 2. The van der Waals surface area contributed by atoms with Gasteiger partial charge in [-0.3, -0.25) is 13.9 Å². The van der Waals surface area contributed by atoms with Gasteiger partial charge in [0.05, 0.1) is 11.9 Å². The third-order valence-electron chi connectivity index (χ3n) is 5.44. The monoisotopic (exact) mass is 527 g/mol. The summed E-state index contributed by atoms with van der Waals surface area (Å²) in [5.41, 5.74) is 2.48. The van der Waals surface area contributed by atoms with Crippen molar-refractivity contribution in [2.24, 2.45) is 0 Å². The summed E-state index contributed by atoms with van der Waals surface area (Å²) in [6.45, 7) is 7.13. The van der Waals surface area contributed by atoms with Gasteiger partial charge in [0.15, 0.2) is 0 Å². The van der Waals surface area contributed by atoms with E-state index < -0.39 is 28.5 Å². The predicted molar refractivity (Wildman–Crippen MR) is 138 cm³/mol. The summed E-state index contributed by atoms with van der Waals surface area (Å²) in [5, 5.41) is 3.58.